The number of halogens is 1. The third kappa shape index (κ3) is 4.48. The van der Waals surface area contributed by atoms with Crippen LogP contribution < -0.4 is 9.47 Å². The number of benzene rings is 1. The Morgan fingerprint density at radius 2 is 2.00 bits per heavy atom. The number of pyridine rings is 2. The van der Waals surface area contributed by atoms with E-state index in [9.17, 15) is 0 Å². The minimum absolute atomic E-state index is 0.527. The van der Waals surface area contributed by atoms with Gasteiger partial charge < -0.3 is 9.80 Å². The highest BCUT2D eigenvalue weighted by Gasteiger charge is 2.24. The number of thioether (sulfide) groups is 1. The second-order valence-electron chi connectivity index (χ2n) is 7.68. The molecule has 0 amide bonds. The molecule has 6 heteroatoms. The van der Waals surface area contributed by atoms with Crippen LogP contribution in [0.25, 0.3) is 17.0 Å². The van der Waals surface area contributed by atoms with Crippen LogP contribution in [0.4, 0.5) is 5.82 Å². The van der Waals surface area contributed by atoms with E-state index in [-0.39, 0.29) is 0 Å². The quantitative estimate of drug-likeness (QED) is 0.277. The first-order valence-electron chi connectivity index (χ1n) is 10.5. The minimum atomic E-state index is 0.527. The third-order valence-electron chi connectivity index (χ3n) is 5.63. The second-order valence-corrected chi connectivity index (χ2v) is 9.13. The van der Waals surface area contributed by atoms with Gasteiger partial charge in [0.1, 0.15) is 17.5 Å². The molecule has 0 saturated heterocycles. The largest absolute Gasteiger partial charge is 0.323 e. The van der Waals surface area contributed by atoms with Crippen molar-refractivity contribution in [2.75, 3.05) is 32.1 Å². The molecule has 1 aliphatic rings. The van der Waals surface area contributed by atoms with E-state index < -0.39 is 0 Å². The number of hydrogen-bond donors (Lipinski definition) is 0. The summed E-state index contributed by atoms with van der Waals surface area (Å²) in [6, 6.07) is 14.8. The Bertz CT molecular complexity index is 1080. The van der Waals surface area contributed by atoms with Crippen molar-refractivity contribution in [3.63, 3.8) is 0 Å². The fourth-order valence-corrected chi connectivity index (χ4v) is 4.92. The summed E-state index contributed by atoms with van der Waals surface area (Å²) in [6.45, 7) is 5.51. The Labute approximate surface area is 188 Å². The predicted octanol–water partition coefficient (Wildman–Crippen LogP) is 5.45. The lowest BCUT2D eigenvalue weighted by Crippen LogP contribution is -2.34. The maximum absolute atomic E-state index is 6.10. The molecule has 0 saturated carbocycles. The number of para-hydroxylation sites is 1. The number of hydrogen-bond acceptors (Lipinski definition) is 4. The fraction of sp³-hybridized carbons (Fsp3) is 0.333. The molecule has 0 N–H and O–H groups in total. The van der Waals surface area contributed by atoms with Crippen molar-refractivity contribution in [1.29, 1.82) is 0 Å². The van der Waals surface area contributed by atoms with Crippen LogP contribution in [-0.2, 0) is 6.54 Å². The van der Waals surface area contributed by atoms with E-state index in [0.29, 0.717) is 5.15 Å². The topological polar surface area (TPSA) is 23.2 Å². The average molecular weight is 440 g/mol. The molecule has 0 bridgehead atoms. The standard InChI is InChI=1S/C24H28ClN4S/c1-4-27(2)14-7-8-15-29-16-13-18(19-9-5-6-10-20(19)29)17-23-28(3)24-21(30-23)11-12-22(25)26-24/h5-6,9-13,16-17H,4,7-8,14-15H2,1-3H3/q+1. The van der Waals surface area contributed by atoms with Gasteiger partial charge in [0.2, 0.25) is 5.52 Å². The highest BCUT2D eigenvalue weighted by atomic mass is 35.5. The zero-order valence-corrected chi connectivity index (χ0v) is 19.4. The van der Waals surface area contributed by atoms with Crippen LogP contribution in [0, 0.1) is 0 Å². The van der Waals surface area contributed by atoms with Crippen LogP contribution in [-0.4, -0.2) is 37.1 Å². The normalized spacial score (nSPS) is 14.8. The van der Waals surface area contributed by atoms with Crippen LogP contribution in [0.15, 0.2) is 58.6 Å². The molecule has 0 unspecified atom stereocenters. The highest BCUT2D eigenvalue weighted by molar-refractivity contribution is 8.03. The number of rotatable bonds is 7. The van der Waals surface area contributed by atoms with E-state index in [1.807, 2.05) is 19.2 Å². The van der Waals surface area contributed by atoms with Gasteiger partial charge in [-0.1, -0.05) is 42.4 Å². The summed E-state index contributed by atoms with van der Waals surface area (Å²) in [6.07, 6.45) is 6.87. The van der Waals surface area contributed by atoms with E-state index >= 15 is 0 Å². The van der Waals surface area contributed by atoms with Crippen LogP contribution in [0.5, 0.6) is 0 Å². The van der Waals surface area contributed by atoms with Gasteiger partial charge in [-0.25, -0.2) is 4.98 Å². The van der Waals surface area contributed by atoms with E-state index in [0.717, 1.165) is 35.4 Å². The maximum atomic E-state index is 6.10. The lowest BCUT2D eigenvalue weighted by atomic mass is 10.1. The molecule has 1 aliphatic heterocycles. The van der Waals surface area contributed by atoms with E-state index in [1.54, 1.807) is 11.8 Å². The number of aromatic nitrogens is 2. The summed E-state index contributed by atoms with van der Waals surface area (Å²) in [5, 5.41) is 2.96. The molecule has 0 radical (unpaired) electrons. The van der Waals surface area contributed by atoms with Crippen molar-refractivity contribution in [2.45, 2.75) is 31.2 Å². The van der Waals surface area contributed by atoms with Gasteiger partial charge in [0.15, 0.2) is 6.20 Å². The molecule has 0 atom stereocenters. The van der Waals surface area contributed by atoms with E-state index in [4.69, 9.17) is 11.6 Å². The lowest BCUT2D eigenvalue weighted by molar-refractivity contribution is -0.671. The number of fused-ring (bicyclic) bond motifs is 2. The molecular weight excluding hydrogens is 412 g/mol. The van der Waals surface area contributed by atoms with Crippen molar-refractivity contribution in [2.24, 2.45) is 0 Å². The summed E-state index contributed by atoms with van der Waals surface area (Å²) in [5.41, 5.74) is 2.50. The average Bonchev–Trinajstić information content (AvgIpc) is 3.07. The monoisotopic (exact) mass is 439 g/mol. The molecule has 0 spiro atoms. The molecule has 0 fully saturated rings. The van der Waals surface area contributed by atoms with Gasteiger partial charge in [-0.3, -0.25) is 0 Å². The van der Waals surface area contributed by atoms with Crippen LogP contribution >= 0.6 is 23.4 Å². The van der Waals surface area contributed by atoms with Gasteiger partial charge >= 0.3 is 0 Å². The zero-order valence-electron chi connectivity index (χ0n) is 17.8. The van der Waals surface area contributed by atoms with Crippen molar-refractivity contribution < 1.29 is 4.57 Å². The number of anilines is 1. The molecule has 0 aliphatic carbocycles. The van der Waals surface area contributed by atoms with Gasteiger partial charge in [0.25, 0.3) is 0 Å². The molecule has 4 nitrogen and oxygen atoms in total. The Hall–Kier alpha value is -2.08. The number of unbranched alkanes of at least 4 members (excludes halogenated alkanes) is 1. The SMILES string of the molecule is CCN(C)CCCC[n+]1ccc(C=C2Sc3ccc(Cl)nc3N2C)c2ccccc21. The smallest absolute Gasteiger partial charge is 0.213 e. The summed E-state index contributed by atoms with van der Waals surface area (Å²) in [7, 11) is 4.23. The summed E-state index contributed by atoms with van der Waals surface area (Å²) in [5.74, 6) is 0.922. The van der Waals surface area contributed by atoms with Crippen LogP contribution in [0.2, 0.25) is 5.15 Å². The number of aryl methyl sites for hydroxylation is 1. The van der Waals surface area contributed by atoms with Crippen LogP contribution in [0.3, 0.4) is 0 Å². The Kier molecular flexibility index (Phi) is 6.61. The first kappa shape index (κ1) is 21.2. The van der Waals surface area contributed by atoms with Gasteiger partial charge in [-0.05, 0) is 56.4 Å². The second kappa shape index (κ2) is 9.38. The van der Waals surface area contributed by atoms with E-state index in [1.165, 1.54) is 29.3 Å². The first-order chi connectivity index (χ1) is 14.6. The molecule has 156 valence electrons. The van der Waals surface area contributed by atoms with Crippen molar-refractivity contribution in [3.8, 4) is 0 Å². The Morgan fingerprint density at radius 3 is 2.83 bits per heavy atom. The molecule has 1 aromatic carbocycles. The fourth-order valence-electron chi connectivity index (χ4n) is 3.73. The summed E-state index contributed by atoms with van der Waals surface area (Å²) < 4.78 is 2.38. The summed E-state index contributed by atoms with van der Waals surface area (Å²) in [4.78, 5) is 10.1. The Morgan fingerprint density at radius 1 is 1.17 bits per heavy atom. The molecular formula is C24H28ClN4S+. The van der Waals surface area contributed by atoms with Gasteiger partial charge in [-0.2, -0.15) is 4.57 Å². The lowest BCUT2D eigenvalue weighted by Gasteiger charge is -2.13. The zero-order chi connectivity index (χ0) is 21.1. The van der Waals surface area contributed by atoms with Crippen molar-refractivity contribution in [3.05, 3.63) is 64.4 Å². The summed E-state index contributed by atoms with van der Waals surface area (Å²) >= 11 is 7.83. The first-order valence-corrected chi connectivity index (χ1v) is 11.7. The molecule has 4 rings (SSSR count). The molecule has 30 heavy (non-hydrogen) atoms. The van der Waals surface area contributed by atoms with Crippen molar-refractivity contribution >= 4 is 46.2 Å². The molecule has 2 aromatic heterocycles. The van der Waals surface area contributed by atoms with Gasteiger partial charge in [0.05, 0.1) is 15.3 Å². The van der Waals surface area contributed by atoms with Crippen LogP contribution in [0.1, 0.15) is 25.3 Å². The molecule has 3 heterocycles. The maximum Gasteiger partial charge on any atom is 0.213 e. The van der Waals surface area contributed by atoms with E-state index in [2.05, 4.69) is 75.9 Å². The predicted molar refractivity (Wildman–Crippen MR) is 128 cm³/mol. The highest BCUT2D eigenvalue weighted by Crippen LogP contribution is 2.45. The minimum Gasteiger partial charge on any atom is -0.323 e. The van der Waals surface area contributed by atoms with Crippen molar-refractivity contribution in [1.82, 2.24) is 9.88 Å². The Balaban J connectivity index is 1.58. The number of nitrogens with zero attached hydrogens (tertiary/aromatic N) is 4. The third-order valence-corrected chi connectivity index (χ3v) is 6.98. The van der Waals surface area contributed by atoms with Gasteiger partial charge in [0, 0.05) is 25.6 Å². The van der Waals surface area contributed by atoms with Gasteiger partial charge in [-0.15, -0.1) is 0 Å². The molecule has 3 aromatic rings.